The molecule has 8 heteroatoms. The Kier molecular flexibility index (Phi) is 3.75. The van der Waals surface area contributed by atoms with E-state index in [9.17, 15) is 4.39 Å². The lowest BCUT2D eigenvalue weighted by Crippen LogP contribution is -1.84. The average molecular weight is 308 g/mol. The van der Waals surface area contributed by atoms with E-state index >= 15 is 0 Å². The predicted molar refractivity (Wildman–Crippen MR) is 73.9 cm³/mol. The first-order valence-electron chi connectivity index (χ1n) is 5.72. The van der Waals surface area contributed by atoms with Crippen molar-refractivity contribution < 1.29 is 8.91 Å². The Morgan fingerprint density at radius 1 is 1.25 bits per heavy atom. The molecule has 2 aromatic heterocycles. The van der Waals surface area contributed by atoms with Crippen LogP contribution in [-0.4, -0.2) is 20.3 Å². The van der Waals surface area contributed by atoms with Gasteiger partial charge in [-0.25, -0.2) is 4.39 Å². The zero-order valence-electron chi connectivity index (χ0n) is 10.4. The molecule has 2 heterocycles. The predicted octanol–water partition coefficient (Wildman–Crippen LogP) is 3.33. The first-order valence-corrected chi connectivity index (χ1v) is 7.52. The topological polar surface area (TPSA) is 64.7 Å². The van der Waals surface area contributed by atoms with Gasteiger partial charge in [-0.1, -0.05) is 28.3 Å². The molecule has 1 aromatic carbocycles. The molecule has 0 spiro atoms. The van der Waals surface area contributed by atoms with Gasteiger partial charge in [-0.05, 0) is 31.2 Å². The highest BCUT2D eigenvalue weighted by Crippen LogP contribution is 2.25. The second kappa shape index (κ2) is 5.68. The molecule has 0 amide bonds. The Morgan fingerprint density at radius 2 is 2.05 bits per heavy atom. The molecule has 0 bridgehead atoms. The molecular weight excluding hydrogens is 299 g/mol. The first kappa shape index (κ1) is 13.2. The van der Waals surface area contributed by atoms with Gasteiger partial charge in [-0.3, -0.25) is 0 Å². The molecule has 102 valence electrons. The fraction of sp³-hybridized carbons (Fsp3) is 0.167. The molecule has 0 aliphatic rings. The smallest absolute Gasteiger partial charge is 0.257 e. The van der Waals surface area contributed by atoms with Crippen molar-refractivity contribution >= 4 is 23.1 Å². The Labute approximate surface area is 122 Å². The molecule has 0 fully saturated rings. The summed E-state index contributed by atoms with van der Waals surface area (Å²) >= 11 is 3.03. The number of halogens is 1. The maximum atomic E-state index is 12.8. The van der Waals surface area contributed by atoms with Crippen LogP contribution in [0.2, 0.25) is 0 Å². The number of nitrogens with zero attached hydrogens (tertiary/aromatic N) is 4. The SMILES string of the molecule is Cc1nnc(SCc2noc(-c3ccc(F)cc3)n2)s1. The van der Waals surface area contributed by atoms with Crippen molar-refractivity contribution in [2.24, 2.45) is 0 Å². The van der Waals surface area contributed by atoms with Gasteiger partial charge < -0.3 is 4.52 Å². The average Bonchev–Trinajstić information content (AvgIpc) is 3.06. The van der Waals surface area contributed by atoms with E-state index in [1.807, 2.05) is 6.92 Å². The molecule has 0 saturated carbocycles. The minimum atomic E-state index is -0.296. The van der Waals surface area contributed by atoms with Gasteiger partial charge >= 0.3 is 0 Å². The summed E-state index contributed by atoms with van der Waals surface area (Å²) in [6.45, 7) is 1.91. The first-order chi connectivity index (χ1) is 9.70. The van der Waals surface area contributed by atoms with E-state index in [1.165, 1.54) is 35.2 Å². The molecule has 0 saturated heterocycles. The monoisotopic (exact) mass is 308 g/mol. The lowest BCUT2D eigenvalue weighted by Gasteiger charge is -1.92. The minimum absolute atomic E-state index is 0.296. The van der Waals surface area contributed by atoms with Gasteiger partial charge in [0, 0.05) is 5.56 Å². The highest BCUT2D eigenvalue weighted by atomic mass is 32.2. The number of rotatable bonds is 4. The van der Waals surface area contributed by atoms with Crippen LogP contribution in [-0.2, 0) is 5.75 Å². The Bertz CT molecular complexity index is 710. The molecule has 3 aromatic rings. The van der Waals surface area contributed by atoms with Gasteiger partial charge in [0.05, 0.1) is 5.75 Å². The lowest BCUT2D eigenvalue weighted by atomic mass is 10.2. The van der Waals surface area contributed by atoms with Crippen molar-refractivity contribution in [1.29, 1.82) is 0 Å². The fourth-order valence-corrected chi connectivity index (χ4v) is 3.14. The fourth-order valence-electron chi connectivity index (χ4n) is 1.49. The third-order valence-electron chi connectivity index (χ3n) is 2.39. The normalized spacial score (nSPS) is 10.9. The maximum absolute atomic E-state index is 12.8. The van der Waals surface area contributed by atoms with Crippen LogP contribution >= 0.6 is 23.1 Å². The van der Waals surface area contributed by atoms with E-state index in [4.69, 9.17) is 4.52 Å². The van der Waals surface area contributed by atoms with Crippen LogP contribution in [0.4, 0.5) is 4.39 Å². The maximum Gasteiger partial charge on any atom is 0.257 e. The zero-order chi connectivity index (χ0) is 13.9. The summed E-state index contributed by atoms with van der Waals surface area (Å²) in [5, 5.41) is 12.8. The molecule has 0 atom stereocenters. The highest BCUT2D eigenvalue weighted by molar-refractivity contribution is 8.00. The minimum Gasteiger partial charge on any atom is -0.334 e. The summed E-state index contributed by atoms with van der Waals surface area (Å²) in [6.07, 6.45) is 0. The van der Waals surface area contributed by atoms with E-state index in [0.29, 0.717) is 23.0 Å². The Hall–Kier alpha value is -1.80. The van der Waals surface area contributed by atoms with Gasteiger partial charge in [-0.15, -0.1) is 10.2 Å². The van der Waals surface area contributed by atoms with Gasteiger partial charge in [0.1, 0.15) is 10.8 Å². The number of hydrogen-bond donors (Lipinski definition) is 0. The summed E-state index contributed by atoms with van der Waals surface area (Å²) in [6, 6.07) is 5.93. The Balaban J connectivity index is 1.69. The van der Waals surface area contributed by atoms with Gasteiger partial charge in [-0.2, -0.15) is 4.98 Å². The molecule has 0 aliphatic carbocycles. The van der Waals surface area contributed by atoms with Gasteiger partial charge in [0.25, 0.3) is 5.89 Å². The van der Waals surface area contributed by atoms with E-state index < -0.39 is 0 Å². The van der Waals surface area contributed by atoms with Crippen LogP contribution in [0.1, 0.15) is 10.8 Å². The van der Waals surface area contributed by atoms with E-state index in [1.54, 1.807) is 12.1 Å². The quantitative estimate of drug-likeness (QED) is 0.689. The third-order valence-corrected chi connectivity index (χ3v) is 4.36. The zero-order valence-corrected chi connectivity index (χ0v) is 12.0. The molecular formula is C12H9FN4OS2. The van der Waals surface area contributed by atoms with Gasteiger partial charge in [0.15, 0.2) is 10.2 Å². The van der Waals surface area contributed by atoms with Crippen LogP contribution in [0.25, 0.3) is 11.5 Å². The summed E-state index contributed by atoms with van der Waals surface area (Å²) in [4.78, 5) is 4.27. The van der Waals surface area contributed by atoms with E-state index in [-0.39, 0.29) is 5.82 Å². The van der Waals surface area contributed by atoms with Crippen LogP contribution in [0.3, 0.4) is 0 Å². The summed E-state index contributed by atoms with van der Waals surface area (Å²) in [5.41, 5.74) is 0.696. The van der Waals surface area contributed by atoms with E-state index in [0.717, 1.165) is 9.35 Å². The second-order valence-corrected chi connectivity index (χ2v) is 6.30. The van der Waals surface area contributed by atoms with Crippen LogP contribution in [0.15, 0.2) is 33.1 Å². The lowest BCUT2D eigenvalue weighted by molar-refractivity contribution is 0.425. The summed E-state index contributed by atoms with van der Waals surface area (Å²) < 4.78 is 18.9. The second-order valence-electron chi connectivity index (χ2n) is 3.90. The molecule has 0 radical (unpaired) electrons. The molecule has 0 unspecified atom stereocenters. The standard InChI is InChI=1S/C12H9FN4OS2/c1-7-15-16-12(20-7)19-6-10-14-11(18-17-10)8-2-4-9(13)5-3-8/h2-5H,6H2,1H3. The van der Waals surface area contributed by atoms with Crippen molar-refractivity contribution in [1.82, 2.24) is 20.3 Å². The van der Waals surface area contributed by atoms with Crippen molar-refractivity contribution in [2.75, 3.05) is 0 Å². The third kappa shape index (κ3) is 3.02. The summed E-state index contributed by atoms with van der Waals surface area (Å²) in [7, 11) is 0. The molecule has 5 nitrogen and oxygen atoms in total. The van der Waals surface area contributed by atoms with Crippen LogP contribution in [0, 0.1) is 12.7 Å². The molecule has 0 N–H and O–H groups in total. The van der Waals surface area contributed by atoms with Crippen molar-refractivity contribution in [2.45, 2.75) is 17.0 Å². The number of benzene rings is 1. The van der Waals surface area contributed by atoms with Crippen molar-refractivity contribution in [3.8, 4) is 11.5 Å². The number of aryl methyl sites for hydroxylation is 1. The van der Waals surface area contributed by atoms with Crippen LogP contribution in [0.5, 0.6) is 0 Å². The molecule has 20 heavy (non-hydrogen) atoms. The summed E-state index contributed by atoms with van der Waals surface area (Å²) in [5.74, 6) is 1.21. The van der Waals surface area contributed by atoms with Crippen molar-refractivity contribution in [3.05, 3.63) is 40.9 Å². The number of hydrogen-bond acceptors (Lipinski definition) is 7. The molecule has 0 aliphatic heterocycles. The van der Waals surface area contributed by atoms with Crippen LogP contribution < -0.4 is 0 Å². The van der Waals surface area contributed by atoms with Crippen molar-refractivity contribution in [3.63, 3.8) is 0 Å². The number of aromatic nitrogens is 4. The van der Waals surface area contributed by atoms with Gasteiger partial charge in [0.2, 0.25) is 0 Å². The highest BCUT2D eigenvalue weighted by Gasteiger charge is 2.10. The largest absolute Gasteiger partial charge is 0.334 e. The van der Waals surface area contributed by atoms with E-state index in [2.05, 4.69) is 20.3 Å². The Morgan fingerprint density at radius 3 is 2.75 bits per heavy atom. The molecule has 3 rings (SSSR count). The number of thioether (sulfide) groups is 1.